The molecule has 0 atom stereocenters. The number of nitrogens with zero attached hydrogens (tertiary/aromatic N) is 3. The number of fused-ring (bicyclic) bond motifs is 4. The van der Waals surface area contributed by atoms with Gasteiger partial charge in [0.25, 0.3) is 0 Å². The first-order valence-electron chi connectivity index (χ1n) is 9.66. The summed E-state index contributed by atoms with van der Waals surface area (Å²) in [6.07, 6.45) is 0. The van der Waals surface area contributed by atoms with Crippen LogP contribution in [-0.2, 0) is 7.05 Å². The van der Waals surface area contributed by atoms with E-state index in [-0.39, 0.29) is 0 Å². The quantitative estimate of drug-likeness (QED) is 0.362. The molecule has 0 aliphatic carbocycles. The first kappa shape index (κ1) is 15.6. The molecule has 3 nitrogen and oxygen atoms in total. The normalized spacial score (nSPS) is 12.1. The lowest BCUT2D eigenvalue weighted by atomic mass is 9.99. The minimum Gasteiger partial charge on any atom is -0.312 e. The molecule has 0 fully saturated rings. The SMILES string of the molecule is Cc1n[n+](C)c(-c2c(C)n3c4ccccc4c4cccc2c43)c2ccccc12. The van der Waals surface area contributed by atoms with E-state index in [9.17, 15) is 0 Å². The highest BCUT2D eigenvalue weighted by Crippen LogP contribution is 2.42. The van der Waals surface area contributed by atoms with Crippen molar-refractivity contribution in [3.63, 3.8) is 0 Å². The van der Waals surface area contributed by atoms with Crippen LogP contribution in [0.1, 0.15) is 11.4 Å². The van der Waals surface area contributed by atoms with Gasteiger partial charge in [-0.1, -0.05) is 59.3 Å². The summed E-state index contributed by atoms with van der Waals surface area (Å²) in [5, 5.41) is 11.2. The van der Waals surface area contributed by atoms with E-state index in [0.717, 1.165) is 5.69 Å². The van der Waals surface area contributed by atoms with Crippen molar-refractivity contribution in [2.24, 2.45) is 7.05 Å². The minimum atomic E-state index is 1.06. The van der Waals surface area contributed by atoms with Crippen LogP contribution in [0.5, 0.6) is 0 Å². The van der Waals surface area contributed by atoms with E-state index in [1.165, 1.54) is 54.9 Å². The zero-order valence-electron chi connectivity index (χ0n) is 16.2. The molecule has 3 heterocycles. The summed E-state index contributed by atoms with van der Waals surface area (Å²) in [6.45, 7) is 4.32. The molecular weight excluding hydrogens is 342 g/mol. The minimum absolute atomic E-state index is 1.06. The summed E-state index contributed by atoms with van der Waals surface area (Å²) < 4.78 is 4.47. The standard InChI is InChI=1S/C25H20N3/c1-15-17-9-4-5-11-19(17)25(27(3)26-15)23-16(2)28-22-14-7-6-10-18(22)20-12-8-13-21(23)24(20)28/h4-14H,1-3H3/q+1. The van der Waals surface area contributed by atoms with Crippen LogP contribution in [0.3, 0.4) is 0 Å². The smallest absolute Gasteiger partial charge is 0.249 e. The van der Waals surface area contributed by atoms with E-state index in [0.29, 0.717) is 0 Å². The molecule has 0 aliphatic rings. The maximum Gasteiger partial charge on any atom is 0.249 e. The molecule has 0 unspecified atom stereocenters. The fourth-order valence-electron chi connectivity index (χ4n) is 4.98. The zero-order valence-corrected chi connectivity index (χ0v) is 16.2. The van der Waals surface area contributed by atoms with Crippen LogP contribution in [0, 0.1) is 13.8 Å². The number of hydrogen-bond donors (Lipinski definition) is 0. The van der Waals surface area contributed by atoms with Crippen LogP contribution >= 0.6 is 0 Å². The van der Waals surface area contributed by atoms with Gasteiger partial charge in [0.05, 0.1) is 22.0 Å². The van der Waals surface area contributed by atoms with Crippen molar-refractivity contribution in [2.45, 2.75) is 13.8 Å². The number of para-hydroxylation sites is 2. The average Bonchev–Trinajstić information content (AvgIpc) is 3.20. The summed E-state index contributed by atoms with van der Waals surface area (Å²) in [5.41, 5.74) is 7.35. The van der Waals surface area contributed by atoms with Crippen molar-refractivity contribution in [1.82, 2.24) is 9.50 Å². The van der Waals surface area contributed by atoms with Crippen LogP contribution in [0.4, 0.5) is 0 Å². The maximum absolute atomic E-state index is 4.83. The molecule has 0 bridgehead atoms. The molecule has 0 amide bonds. The van der Waals surface area contributed by atoms with Crippen molar-refractivity contribution in [1.29, 1.82) is 0 Å². The van der Waals surface area contributed by atoms with Crippen LogP contribution in [0.15, 0.2) is 66.7 Å². The molecule has 3 aromatic heterocycles. The van der Waals surface area contributed by atoms with Gasteiger partial charge in [0.2, 0.25) is 5.69 Å². The van der Waals surface area contributed by atoms with Crippen molar-refractivity contribution >= 4 is 38.0 Å². The number of benzene rings is 3. The van der Waals surface area contributed by atoms with E-state index in [1.807, 2.05) is 4.68 Å². The summed E-state index contributed by atoms with van der Waals surface area (Å²) in [5.74, 6) is 0. The van der Waals surface area contributed by atoms with Crippen molar-refractivity contribution in [2.75, 3.05) is 0 Å². The molecule has 0 N–H and O–H groups in total. The number of aryl methyl sites for hydroxylation is 3. The fourth-order valence-corrected chi connectivity index (χ4v) is 4.98. The Morgan fingerprint density at radius 3 is 2.18 bits per heavy atom. The second-order valence-electron chi connectivity index (χ2n) is 7.62. The Morgan fingerprint density at radius 2 is 1.36 bits per heavy atom. The zero-order chi connectivity index (χ0) is 19.0. The van der Waals surface area contributed by atoms with Gasteiger partial charge in [-0.05, 0) is 31.1 Å². The Bertz CT molecular complexity index is 1540. The summed E-state index contributed by atoms with van der Waals surface area (Å²) >= 11 is 0. The second kappa shape index (κ2) is 5.29. The summed E-state index contributed by atoms with van der Waals surface area (Å²) in [4.78, 5) is 0. The lowest BCUT2D eigenvalue weighted by Gasteiger charge is -2.07. The third-order valence-electron chi connectivity index (χ3n) is 6.09. The Labute approximate surface area is 162 Å². The number of hydrogen-bond acceptors (Lipinski definition) is 1. The molecule has 0 saturated carbocycles. The number of rotatable bonds is 1. The third kappa shape index (κ3) is 1.79. The van der Waals surface area contributed by atoms with E-state index in [4.69, 9.17) is 5.10 Å². The molecular formula is C25H20N3+. The van der Waals surface area contributed by atoms with Gasteiger partial charge < -0.3 is 4.40 Å². The molecule has 6 rings (SSSR count). The van der Waals surface area contributed by atoms with E-state index < -0.39 is 0 Å². The van der Waals surface area contributed by atoms with Crippen LogP contribution in [-0.4, -0.2) is 9.50 Å². The molecule has 0 aliphatic heterocycles. The monoisotopic (exact) mass is 362 g/mol. The van der Waals surface area contributed by atoms with Crippen molar-refractivity contribution < 1.29 is 4.68 Å². The largest absolute Gasteiger partial charge is 0.312 e. The lowest BCUT2D eigenvalue weighted by Crippen LogP contribution is -2.36. The van der Waals surface area contributed by atoms with Crippen molar-refractivity contribution in [3.8, 4) is 11.3 Å². The van der Waals surface area contributed by atoms with Crippen LogP contribution in [0.25, 0.3) is 49.2 Å². The predicted molar refractivity (Wildman–Crippen MR) is 115 cm³/mol. The molecule has 0 radical (unpaired) electrons. The van der Waals surface area contributed by atoms with Crippen molar-refractivity contribution in [3.05, 3.63) is 78.1 Å². The summed E-state index contributed by atoms with van der Waals surface area (Å²) in [6, 6.07) is 23.9. The lowest BCUT2D eigenvalue weighted by molar-refractivity contribution is -0.719. The molecule has 134 valence electrons. The highest BCUT2D eigenvalue weighted by atomic mass is 15.3. The van der Waals surface area contributed by atoms with Gasteiger partial charge in [-0.3, -0.25) is 0 Å². The van der Waals surface area contributed by atoms with E-state index >= 15 is 0 Å². The summed E-state index contributed by atoms with van der Waals surface area (Å²) in [7, 11) is 2.06. The van der Waals surface area contributed by atoms with Gasteiger partial charge in [-0.2, -0.15) is 0 Å². The first-order chi connectivity index (χ1) is 13.7. The second-order valence-corrected chi connectivity index (χ2v) is 7.62. The third-order valence-corrected chi connectivity index (χ3v) is 6.09. The maximum atomic E-state index is 4.83. The highest BCUT2D eigenvalue weighted by molar-refractivity contribution is 6.19. The van der Waals surface area contributed by atoms with Crippen LogP contribution in [0.2, 0.25) is 0 Å². The average molecular weight is 362 g/mol. The van der Waals surface area contributed by atoms with Gasteiger partial charge in [-0.25, -0.2) is 0 Å². The highest BCUT2D eigenvalue weighted by Gasteiger charge is 2.27. The van der Waals surface area contributed by atoms with Gasteiger partial charge in [0, 0.05) is 27.2 Å². The molecule has 6 aromatic rings. The molecule has 0 saturated heterocycles. The Hall–Kier alpha value is -3.46. The van der Waals surface area contributed by atoms with Gasteiger partial charge in [-0.15, -0.1) is 0 Å². The topological polar surface area (TPSA) is 21.2 Å². The predicted octanol–water partition coefficient (Wildman–Crippen LogP) is 5.34. The molecule has 3 aromatic carbocycles. The van der Waals surface area contributed by atoms with Gasteiger partial charge in [0.15, 0.2) is 7.05 Å². The first-order valence-corrected chi connectivity index (χ1v) is 9.66. The Kier molecular flexibility index (Phi) is 2.95. The molecule has 3 heteroatoms. The Balaban J connectivity index is 1.88. The van der Waals surface area contributed by atoms with Gasteiger partial charge >= 0.3 is 0 Å². The van der Waals surface area contributed by atoms with E-state index in [2.05, 4.69) is 92.0 Å². The molecule has 0 spiro atoms. The van der Waals surface area contributed by atoms with Gasteiger partial charge in [0.1, 0.15) is 5.69 Å². The van der Waals surface area contributed by atoms with Crippen LogP contribution < -0.4 is 4.68 Å². The Morgan fingerprint density at radius 1 is 0.714 bits per heavy atom. The van der Waals surface area contributed by atoms with E-state index in [1.54, 1.807) is 0 Å². The number of aromatic nitrogens is 3. The fraction of sp³-hybridized carbons (Fsp3) is 0.120. The molecule has 28 heavy (non-hydrogen) atoms.